The van der Waals surface area contributed by atoms with Gasteiger partial charge in [0, 0.05) is 16.3 Å². The Bertz CT molecular complexity index is 274. The van der Waals surface area contributed by atoms with E-state index in [1.54, 1.807) is 11.8 Å². The second-order valence-electron chi connectivity index (χ2n) is 3.00. The number of unbranched alkanes of at least 4 members (excludes halogenated alkanes) is 1. The van der Waals surface area contributed by atoms with Crippen LogP contribution in [0.2, 0.25) is 0 Å². The first kappa shape index (κ1) is 10.3. The van der Waals surface area contributed by atoms with Gasteiger partial charge in [-0.2, -0.15) is 0 Å². The number of hydrogen-bond acceptors (Lipinski definition) is 3. The first-order valence-electron chi connectivity index (χ1n) is 4.52. The number of hydrogen-bond donors (Lipinski definition) is 2. The zero-order chi connectivity index (χ0) is 9.68. The van der Waals surface area contributed by atoms with E-state index in [9.17, 15) is 0 Å². The van der Waals surface area contributed by atoms with Crippen LogP contribution in [0.3, 0.4) is 0 Å². The molecular weight excluding hydrogens is 180 g/mol. The van der Waals surface area contributed by atoms with E-state index in [1.807, 2.05) is 18.2 Å². The van der Waals surface area contributed by atoms with Crippen LogP contribution in [-0.4, -0.2) is 5.75 Å². The normalized spacial score (nSPS) is 10.2. The lowest BCUT2D eigenvalue weighted by Crippen LogP contribution is -1.92. The Hall–Kier alpha value is -0.830. The highest BCUT2D eigenvalue weighted by molar-refractivity contribution is 7.99. The Morgan fingerprint density at radius 1 is 1.31 bits per heavy atom. The Labute approximate surface area is 83.7 Å². The molecular formula is C10H16N2S. The van der Waals surface area contributed by atoms with Crippen LogP contribution in [-0.2, 0) is 0 Å². The van der Waals surface area contributed by atoms with E-state index in [1.165, 1.54) is 12.8 Å². The molecule has 0 fully saturated rings. The number of nitrogen functional groups attached to an aromatic ring is 2. The van der Waals surface area contributed by atoms with E-state index in [2.05, 4.69) is 6.92 Å². The Morgan fingerprint density at radius 3 is 2.77 bits per heavy atom. The monoisotopic (exact) mass is 196 g/mol. The molecule has 0 amide bonds. The molecule has 0 aliphatic rings. The standard InChI is InChI=1S/C10H16N2S/c1-2-3-6-13-10-7-8(11)4-5-9(10)12/h4-5,7H,2-3,6,11-12H2,1H3. The third-order valence-electron chi connectivity index (χ3n) is 1.79. The lowest BCUT2D eigenvalue weighted by atomic mass is 10.3. The van der Waals surface area contributed by atoms with Gasteiger partial charge >= 0.3 is 0 Å². The SMILES string of the molecule is CCCCSc1cc(N)ccc1N. The molecule has 0 aromatic heterocycles. The van der Waals surface area contributed by atoms with Crippen LogP contribution in [0.5, 0.6) is 0 Å². The quantitative estimate of drug-likeness (QED) is 0.442. The van der Waals surface area contributed by atoms with Crippen LogP contribution in [0.25, 0.3) is 0 Å². The van der Waals surface area contributed by atoms with Gasteiger partial charge in [0.15, 0.2) is 0 Å². The fraction of sp³-hybridized carbons (Fsp3) is 0.400. The van der Waals surface area contributed by atoms with Gasteiger partial charge in [0.25, 0.3) is 0 Å². The Morgan fingerprint density at radius 2 is 2.08 bits per heavy atom. The van der Waals surface area contributed by atoms with E-state index in [4.69, 9.17) is 11.5 Å². The maximum absolute atomic E-state index is 5.80. The maximum atomic E-state index is 5.80. The fourth-order valence-corrected chi connectivity index (χ4v) is 2.11. The average molecular weight is 196 g/mol. The highest BCUT2D eigenvalue weighted by Crippen LogP contribution is 2.27. The van der Waals surface area contributed by atoms with Gasteiger partial charge in [0.05, 0.1) is 0 Å². The molecule has 2 nitrogen and oxygen atoms in total. The summed E-state index contributed by atoms with van der Waals surface area (Å²) in [5.74, 6) is 1.12. The minimum Gasteiger partial charge on any atom is -0.399 e. The van der Waals surface area contributed by atoms with Gasteiger partial charge in [0.2, 0.25) is 0 Å². The summed E-state index contributed by atoms with van der Waals surface area (Å²) >= 11 is 1.78. The largest absolute Gasteiger partial charge is 0.399 e. The number of anilines is 2. The summed E-state index contributed by atoms with van der Waals surface area (Å²) in [4.78, 5) is 1.11. The molecule has 0 spiro atoms. The average Bonchev–Trinajstić information content (AvgIpc) is 2.11. The molecule has 4 N–H and O–H groups in total. The van der Waals surface area contributed by atoms with Crippen LogP contribution < -0.4 is 11.5 Å². The van der Waals surface area contributed by atoms with Crippen molar-refractivity contribution in [1.29, 1.82) is 0 Å². The van der Waals surface area contributed by atoms with E-state index in [-0.39, 0.29) is 0 Å². The molecule has 0 aliphatic carbocycles. The molecule has 0 heterocycles. The molecule has 0 saturated heterocycles. The van der Waals surface area contributed by atoms with Crippen molar-refractivity contribution in [2.24, 2.45) is 0 Å². The van der Waals surface area contributed by atoms with Crippen LogP contribution in [0, 0.1) is 0 Å². The van der Waals surface area contributed by atoms with E-state index >= 15 is 0 Å². The number of nitrogens with two attached hydrogens (primary N) is 2. The second-order valence-corrected chi connectivity index (χ2v) is 4.14. The highest BCUT2D eigenvalue weighted by atomic mass is 32.2. The lowest BCUT2D eigenvalue weighted by molar-refractivity contribution is 0.896. The zero-order valence-electron chi connectivity index (χ0n) is 7.92. The molecule has 0 unspecified atom stereocenters. The van der Waals surface area contributed by atoms with Crippen molar-refractivity contribution in [3.8, 4) is 0 Å². The van der Waals surface area contributed by atoms with Crippen molar-refractivity contribution in [2.75, 3.05) is 17.2 Å². The predicted octanol–water partition coefficient (Wildman–Crippen LogP) is 2.74. The fourth-order valence-electron chi connectivity index (χ4n) is 1.00. The first-order chi connectivity index (χ1) is 6.24. The zero-order valence-corrected chi connectivity index (χ0v) is 8.73. The minimum atomic E-state index is 0.785. The van der Waals surface area contributed by atoms with Gasteiger partial charge in [-0.3, -0.25) is 0 Å². The molecule has 0 atom stereocenters. The van der Waals surface area contributed by atoms with Crippen molar-refractivity contribution >= 4 is 23.1 Å². The van der Waals surface area contributed by atoms with Crippen molar-refractivity contribution in [2.45, 2.75) is 24.7 Å². The summed E-state index contributed by atoms with van der Waals surface area (Å²) in [7, 11) is 0. The Balaban J connectivity index is 2.59. The van der Waals surface area contributed by atoms with Crippen molar-refractivity contribution < 1.29 is 0 Å². The van der Waals surface area contributed by atoms with E-state index < -0.39 is 0 Å². The molecule has 1 rings (SSSR count). The van der Waals surface area contributed by atoms with E-state index in [0.29, 0.717) is 0 Å². The molecule has 1 aromatic carbocycles. The number of thioether (sulfide) groups is 1. The summed E-state index contributed by atoms with van der Waals surface area (Å²) in [5, 5.41) is 0. The molecule has 13 heavy (non-hydrogen) atoms. The second kappa shape index (κ2) is 5.02. The first-order valence-corrected chi connectivity index (χ1v) is 5.50. The predicted molar refractivity (Wildman–Crippen MR) is 60.9 cm³/mol. The number of benzene rings is 1. The maximum Gasteiger partial charge on any atom is 0.0453 e. The molecule has 3 heteroatoms. The van der Waals surface area contributed by atoms with Crippen LogP contribution >= 0.6 is 11.8 Å². The summed E-state index contributed by atoms with van der Waals surface area (Å²) in [6.45, 7) is 2.18. The molecule has 1 aromatic rings. The van der Waals surface area contributed by atoms with Gasteiger partial charge < -0.3 is 11.5 Å². The topological polar surface area (TPSA) is 52.0 Å². The van der Waals surface area contributed by atoms with Gasteiger partial charge in [-0.05, 0) is 30.4 Å². The molecule has 0 aliphatic heterocycles. The van der Waals surface area contributed by atoms with Gasteiger partial charge in [-0.25, -0.2) is 0 Å². The summed E-state index contributed by atoms with van der Waals surface area (Å²) in [5.41, 5.74) is 13.1. The van der Waals surface area contributed by atoms with Crippen molar-refractivity contribution in [1.82, 2.24) is 0 Å². The molecule has 0 radical (unpaired) electrons. The summed E-state index contributed by atoms with van der Waals surface area (Å²) < 4.78 is 0. The van der Waals surface area contributed by atoms with Crippen molar-refractivity contribution in [3.05, 3.63) is 18.2 Å². The third-order valence-corrected chi connectivity index (χ3v) is 2.95. The van der Waals surface area contributed by atoms with Crippen LogP contribution in [0.1, 0.15) is 19.8 Å². The Kier molecular flexibility index (Phi) is 3.96. The lowest BCUT2D eigenvalue weighted by Gasteiger charge is -2.05. The molecule has 72 valence electrons. The third kappa shape index (κ3) is 3.19. The summed E-state index contributed by atoms with van der Waals surface area (Å²) in [6.07, 6.45) is 2.44. The summed E-state index contributed by atoms with van der Waals surface area (Å²) in [6, 6.07) is 5.64. The van der Waals surface area contributed by atoms with Gasteiger partial charge in [0.1, 0.15) is 0 Å². The minimum absolute atomic E-state index is 0.785. The highest BCUT2D eigenvalue weighted by Gasteiger charge is 1.99. The van der Waals surface area contributed by atoms with Crippen LogP contribution in [0.4, 0.5) is 11.4 Å². The van der Waals surface area contributed by atoms with Crippen LogP contribution in [0.15, 0.2) is 23.1 Å². The molecule has 0 saturated carbocycles. The molecule has 0 bridgehead atoms. The smallest absolute Gasteiger partial charge is 0.0453 e. The van der Waals surface area contributed by atoms with Gasteiger partial charge in [-0.1, -0.05) is 13.3 Å². The van der Waals surface area contributed by atoms with Gasteiger partial charge in [-0.15, -0.1) is 11.8 Å². The van der Waals surface area contributed by atoms with Crippen molar-refractivity contribution in [3.63, 3.8) is 0 Å². The number of rotatable bonds is 4. The van der Waals surface area contributed by atoms with E-state index in [0.717, 1.165) is 22.0 Å².